The summed E-state index contributed by atoms with van der Waals surface area (Å²) < 4.78 is 0. The van der Waals surface area contributed by atoms with E-state index in [1.807, 2.05) is 0 Å². The first kappa shape index (κ1) is 12.2. The van der Waals surface area contributed by atoms with Crippen LogP contribution < -0.4 is 5.32 Å². The van der Waals surface area contributed by atoms with Crippen molar-refractivity contribution in [3.63, 3.8) is 0 Å². The molecular weight excluding hydrogens is 214 g/mol. The molecule has 2 N–H and O–H groups in total. The maximum absolute atomic E-state index is 9.16. The van der Waals surface area contributed by atoms with Crippen molar-refractivity contribution in [1.29, 1.82) is 0 Å². The third-order valence-electron chi connectivity index (χ3n) is 1.93. The Bertz CT molecular complexity index is 306. The smallest absolute Gasteiger partial charge is 0.149 e. The van der Waals surface area contributed by atoms with Crippen LogP contribution in [0.2, 0.25) is 5.15 Å². The lowest BCUT2D eigenvalue weighted by atomic mass is 10.0. The van der Waals surface area contributed by atoms with Crippen LogP contribution in [-0.4, -0.2) is 27.7 Å². The van der Waals surface area contributed by atoms with Gasteiger partial charge in [0, 0.05) is 0 Å². The molecule has 0 aliphatic heterocycles. The molecule has 0 radical (unpaired) electrons. The minimum absolute atomic E-state index is 0.00207. The van der Waals surface area contributed by atoms with Gasteiger partial charge in [0.2, 0.25) is 0 Å². The van der Waals surface area contributed by atoms with Crippen molar-refractivity contribution in [2.24, 2.45) is 5.92 Å². The molecule has 1 heterocycles. The summed E-state index contributed by atoms with van der Waals surface area (Å²) in [5, 5.41) is 12.6. The summed E-state index contributed by atoms with van der Waals surface area (Å²) in [6, 6.07) is -0.00207. The summed E-state index contributed by atoms with van der Waals surface area (Å²) in [7, 11) is 0. The molecule has 1 atom stereocenters. The number of anilines is 1. The maximum atomic E-state index is 9.16. The zero-order valence-electron chi connectivity index (χ0n) is 8.94. The molecule has 0 aliphatic carbocycles. The molecule has 0 unspecified atom stereocenters. The van der Waals surface area contributed by atoms with E-state index < -0.39 is 0 Å². The summed E-state index contributed by atoms with van der Waals surface area (Å²) in [6.07, 6.45) is 3.95. The van der Waals surface area contributed by atoms with Gasteiger partial charge in [0.25, 0.3) is 0 Å². The first-order valence-electron chi connectivity index (χ1n) is 4.96. The Morgan fingerprint density at radius 3 is 2.73 bits per heavy atom. The van der Waals surface area contributed by atoms with Crippen LogP contribution in [0.5, 0.6) is 0 Å². The molecule has 0 aromatic carbocycles. The van der Waals surface area contributed by atoms with Gasteiger partial charge >= 0.3 is 0 Å². The van der Waals surface area contributed by atoms with Crippen molar-refractivity contribution < 1.29 is 5.11 Å². The van der Waals surface area contributed by atoms with E-state index >= 15 is 0 Å². The van der Waals surface area contributed by atoms with E-state index in [1.165, 1.54) is 6.20 Å². The minimum Gasteiger partial charge on any atom is -0.394 e. The molecular formula is C10H16ClN3O. The minimum atomic E-state index is -0.00207. The van der Waals surface area contributed by atoms with Gasteiger partial charge < -0.3 is 10.4 Å². The molecule has 0 fully saturated rings. The van der Waals surface area contributed by atoms with Crippen LogP contribution in [-0.2, 0) is 0 Å². The number of hydrogen-bond acceptors (Lipinski definition) is 4. The van der Waals surface area contributed by atoms with Crippen LogP contribution in [0.1, 0.15) is 20.3 Å². The summed E-state index contributed by atoms with van der Waals surface area (Å²) >= 11 is 5.70. The molecule has 0 aliphatic rings. The molecule has 84 valence electrons. The van der Waals surface area contributed by atoms with E-state index in [0.29, 0.717) is 16.9 Å². The molecule has 1 aromatic heterocycles. The van der Waals surface area contributed by atoms with E-state index in [0.717, 1.165) is 6.42 Å². The van der Waals surface area contributed by atoms with Gasteiger partial charge in [-0.3, -0.25) is 4.98 Å². The van der Waals surface area contributed by atoms with Gasteiger partial charge in [-0.05, 0) is 12.3 Å². The van der Waals surface area contributed by atoms with Crippen LogP contribution >= 0.6 is 11.6 Å². The second-order valence-electron chi connectivity index (χ2n) is 3.88. The lowest BCUT2D eigenvalue weighted by molar-refractivity contribution is 0.259. The van der Waals surface area contributed by atoms with Gasteiger partial charge in [-0.25, -0.2) is 4.98 Å². The Morgan fingerprint density at radius 1 is 1.47 bits per heavy atom. The average Bonchev–Trinajstić information content (AvgIpc) is 2.16. The Balaban J connectivity index is 2.58. The lowest BCUT2D eigenvalue weighted by Gasteiger charge is -2.18. The summed E-state index contributed by atoms with van der Waals surface area (Å²) in [6.45, 7) is 4.29. The van der Waals surface area contributed by atoms with E-state index in [-0.39, 0.29) is 12.6 Å². The fourth-order valence-corrected chi connectivity index (χ4v) is 1.52. The van der Waals surface area contributed by atoms with Crippen molar-refractivity contribution in [1.82, 2.24) is 9.97 Å². The van der Waals surface area contributed by atoms with Crippen LogP contribution in [0.25, 0.3) is 0 Å². The molecule has 0 saturated heterocycles. The molecule has 0 amide bonds. The van der Waals surface area contributed by atoms with Gasteiger partial charge in [0.1, 0.15) is 11.0 Å². The summed E-state index contributed by atoms with van der Waals surface area (Å²) in [5.41, 5.74) is 0. The standard InChI is InChI=1S/C10H16ClN3O/c1-7(2)3-8(6-15)13-10-5-12-4-9(11)14-10/h4-5,7-8,15H,3,6H2,1-2H3,(H,13,14)/t8-/m0/s1. The van der Waals surface area contributed by atoms with Crippen LogP contribution in [0.15, 0.2) is 12.4 Å². The highest BCUT2D eigenvalue weighted by molar-refractivity contribution is 6.29. The average molecular weight is 230 g/mol. The zero-order valence-corrected chi connectivity index (χ0v) is 9.70. The van der Waals surface area contributed by atoms with E-state index in [1.54, 1.807) is 6.20 Å². The topological polar surface area (TPSA) is 58.0 Å². The van der Waals surface area contributed by atoms with Gasteiger partial charge in [0.05, 0.1) is 25.0 Å². The summed E-state index contributed by atoms with van der Waals surface area (Å²) in [5.74, 6) is 1.11. The van der Waals surface area contributed by atoms with E-state index in [4.69, 9.17) is 16.7 Å². The van der Waals surface area contributed by atoms with Crippen LogP contribution in [0.4, 0.5) is 5.82 Å². The Morgan fingerprint density at radius 2 is 2.20 bits per heavy atom. The highest BCUT2D eigenvalue weighted by atomic mass is 35.5. The predicted octanol–water partition coefficient (Wildman–Crippen LogP) is 1.95. The number of rotatable bonds is 5. The molecule has 15 heavy (non-hydrogen) atoms. The Hall–Kier alpha value is -0.870. The van der Waals surface area contributed by atoms with Crippen molar-refractivity contribution in [2.45, 2.75) is 26.3 Å². The molecule has 0 spiro atoms. The van der Waals surface area contributed by atoms with Crippen molar-refractivity contribution in [3.8, 4) is 0 Å². The van der Waals surface area contributed by atoms with Crippen molar-refractivity contribution in [3.05, 3.63) is 17.5 Å². The van der Waals surface area contributed by atoms with E-state index in [9.17, 15) is 0 Å². The zero-order chi connectivity index (χ0) is 11.3. The number of aliphatic hydroxyl groups excluding tert-OH is 1. The number of halogens is 1. The van der Waals surface area contributed by atoms with E-state index in [2.05, 4.69) is 29.1 Å². The fourth-order valence-electron chi connectivity index (χ4n) is 1.37. The third kappa shape index (κ3) is 4.44. The highest BCUT2D eigenvalue weighted by Gasteiger charge is 2.10. The third-order valence-corrected chi connectivity index (χ3v) is 2.12. The molecule has 1 rings (SSSR count). The first-order chi connectivity index (χ1) is 7.11. The second-order valence-corrected chi connectivity index (χ2v) is 4.27. The normalized spacial score (nSPS) is 12.9. The number of hydrogen-bond donors (Lipinski definition) is 2. The largest absolute Gasteiger partial charge is 0.394 e. The predicted molar refractivity (Wildman–Crippen MR) is 61.0 cm³/mol. The van der Waals surface area contributed by atoms with Crippen LogP contribution in [0, 0.1) is 5.92 Å². The highest BCUT2D eigenvalue weighted by Crippen LogP contribution is 2.12. The number of nitrogens with zero attached hydrogens (tertiary/aromatic N) is 2. The van der Waals surface area contributed by atoms with Gasteiger partial charge in [0.15, 0.2) is 0 Å². The SMILES string of the molecule is CC(C)C[C@@H](CO)Nc1cncc(Cl)n1. The molecule has 0 saturated carbocycles. The quantitative estimate of drug-likeness (QED) is 0.810. The van der Waals surface area contributed by atoms with Crippen molar-refractivity contribution in [2.75, 3.05) is 11.9 Å². The monoisotopic (exact) mass is 229 g/mol. The second kappa shape index (κ2) is 5.88. The molecule has 5 heteroatoms. The van der Waals surface area contributed by atoms with Gasteiger partial charge in [-0.1, -0.05) is 25.4 Å². The van der Waals surface area contributed by atoms with Gasteiger partial charge in [-0.2, -0.15) is 0 Å². The number of nitrogens with one attached hydrogen (secondary N) is 1. The maximum Gasteiger partial charge on any atom is 0.149 e. The summed E-state index contributed by atoms with van der Waals surface area (Å²) in [4.78, 5) is 7.96. The molecule has 1 aromatic rings. The number of aromatic nitrogens is 2. The van der Waals surface area contributed by atoms with Crippen LogP contribution in [0.3, 0.4) is 0 Å². The molecule has 0 bridgehead atoms. The van der Waals surface area contributed by atoms with Gasteiger partial charge in [-0.15, -0.1) is 0 Å². The Kier molecular flexibility index (Phi) is 4.78. The lowest BCUT2D eigenvalue weighted by Crippen LogP contribution is -2.26. The number of aliphatic hydroxyl groups is 1. The van der Waals surface area contributed by atoms with Crippen molar-refractivity contribution >= 4 is 17.4 Å². The Labute approximate surface area is 94.7 Å². The molecule has 4 nitrogen and oxygen atoms in total. The first-order valence-corrected chi connectivity index (χ1v) is 5.34. The fraction of sp³-hybridized carbons (Fsp3) is 0.600.